The van der Waals surface area contributed by atoms with Crippen LogP contribution in [0.3, 0.4) is 0 Å². The summed E-state index contributed by atoms with van der Waals surface area (Å²) in [7, 11) is -18.5. The zero-order valence-corrected chi connectivity index (χ0v) is 43.8. The van der Waals surface area contributed by atoms with Gasteiger partial charge in [0.1, 0.15) is 17.3 Å². The third kappa shape index (κ3) is 12.8. The van der Waals surface area contributed by atoms with Gasteiger partial charge in [-0.25, -0.2) is 15.1 Å². The third-order valence-corrected chi connectivity index (χ3v) is 17.9. The van der Waals surface area contributed by atoms with Crippen molar-refractivity contribution in [2.45, 2.75) is 98.0 Å². The number of aliphatic hydroxyl groups is 2. The smallest absolute Gasteiger partial charge is 0.294 e. The second-order valence-electron chi connectivity index (χ2n) is 18.6. The van der Waals surface area contributed by atoms with Crippen LogP contribution in [-0.2, 0) is 70.0 Å². The molecular weight excluding hydrogens is 1070 g/mol. The van der Waals surface area contributed by atoms with Crippen LogP contribution in [0.5, 0.6) is 0 Å². The molecule has 0 aromatic heterocycles. The summed E-state index contributed by atoms with van der Waals surface area (Å²) in [4.78, 5) is 3.65. The van der Waals surface area contributed by atoms with E-state index in [-0.39, 0.29) is 36.8 Å². The van der Waals surface area contributed by atoms with Crippen molar-refractivity contribution in [3.05, 3.63) is 93.4 Å². The fourth-order valence-corrected chi connectivity index (χ4v) is 14.0. The average Bonchev–Trinajstić information content (AvgIpc) is 3.85. The predicted molar refractivity (Wildman–Crippen MR) is 263 cm³/mol. The Bertz CT molecular complexity index is 3070. The fourth-order valence-electron chi connectivity index (χ4n) is 11.1. The van der Waals surface area contributed by atoms with E-state index in [0.717, 1.165) is 28.9 Å². The van der Waals surface area contributed by atoms with Crippen LogP contribution in [0.15, 0.2) is 92.0 Å². The first-order valence-corrected chi connectivity index (χ1v) is 30.4. The Morgan fingerprint density at radius 2 is 1.18 bits per heavy atom. The van der Waals surface area contributed by atoms with E-state index in [9.17, 15) is 62.1 Å². The van der Waals surface area contributed by atoms with Crippen LogP contribution in [0.2, 0.25) is 0 Å². The first kappa shape index (κ1) is 56.4. The van der Waals surface area contributed by atoms with Crippen molar-refractivity contribution in [3.63, 3.8) is 0 Å². The minimum atomic E-state index is -4.68. The maximum Gasteiger partial charge on any atom is 0.294 e. The van der Waals surface area contributed by atoms with E-state index in [1.54, 1.807) is 21.6 Å². The number of allylic oxidation sites excluding steroid dienone is 8. The molecule has 4 atom stereocenters. The SMILES string of the molecule is CC12CCCC(C=C3CCC(=CC4=C5N(CC(O)CS(=O)(=O)O)c6ccc(S(=O)(=O)O)cc6C5(C)CCC4)C3=[N+](CCSOOO)CCS(=O)(=O)O)=C1N(CC(O)CS(=O)(=O)O)c1ccc(SOOO)cc12. The van der Waals surface area contributed by atoms with Crippen LogP contribution < -0.4 is 9.80 Å². The minimum Gasteiger partial charge on any atom is -0.390 e. The van der Waals surface area contributed by atoms with Crippen molar-refractivity contribution in [2.24, 2.45) is 0 Å². The van der Waals surface area contributed by atoms with Crippen molar-refractivity contribution in [2.75, 3.05) is 59.0 Å². The van der Waals surface area contributed by atoms with E-state index >= 15 is 0 Å². The number of benzene rings is 2. The molecule has 3 aliphatic carbocycles. The van der Waals surface area contributed by atoms with Gasteiger partial charge in [0.15, 0.2) is 13.1 Å². The Hall–Kier alpha value is -3.31. The molecule has 2 aromatic rings. The summed E-state index contributed by atoms with van der Waals surface area (Å²) in [5.41, 5.74) is 5.35. The second-order valence-corrected chi connectivity index (χ2v) is 26.2. The van der Waals surface area contributed by atoms with E-state index in [1.165, 1.54) is 18.2 Å². The van der Waals surface area contributed by atoms with Crippen molar-refractivity contribution in [3.8, 4) is 0 Å². The number of anilines is 2. The number of β-amino-alcohol motifs (C(OH)–C–C–N with tert-alkyl or cyclic N) is 2. The molecule has 2 aliphatic heterocycles. The van der Waals surface area contributed by atoms with Crippen LogP contribution in [0, 0.1) is 0 Å². The van der Waals surface area contributed by atoms with E-state index < -0.39 is 80.8 Å². The fraction of sp³-hybridized carbons (Fsp3) is 0.512. The van der Waals surface area contributed by atoms with E-state index in [1.807, 2.05) is 37.0 Å². The molecule has 2 aromatic carbocycles. The van der Waals surface area contributed by atoms with Gasteiger partial charge in [0.25, 0.3) is 40.5 Å². The third-order valence-electron chi connectivity index (χ3n) is 13.6. The number of nitrogens with zero attached hydrogens (tertiary/aromatic N) is 3. The molecule has 0 spiro atoms. The lowest BCUT2D eigenvalue weighted by Gasteiger charge is -2.37. The molecule has 7 rings (SSSR count). The maximum atomic E-state index is 12.4. The highest BCUT2D eigenvalue weighted by Gasteiger charge is 2.49. The second kappa shape index (κ2) is 22.1. The molecular formula is C43H56N3O20S6+. The van der Waals surface area contributed by atoms with Crippen molar-refractivity contribution < 1.29 is 95.9 Å². The molecule has 0 saturated heterocycles. The first-order valence-electron chi connectivity index (χ1n) is 22.4. The molecule has 2 heterocycles. The van der Waals surface area contributed by atoms with E-state index in [2.05, 4.69) is 14.4 Å². The van der Waals surface area contributed by atoms with Crippen molar-refractivity contribution >= 4 is 81.6 Å². The molecule has 8 N–H and O–H groups in total. The summed E-state index contributed by atoms with van der Waals surface area (Å²) in [6.45, 7) is 3.09. The molecule has 1 saturated carbocycles. The van der Waals surface area contributed by atoms with Crippen molar-refractivity contribution in [1.82, 2.24) is 0 Å². The standard InChI is InChI=1S/C43H55N3O20S6/c1-42-13-3-5-29(40(42)45(23-31(47)25-70(54,55)56)37-11-9-33(21-35(37)42)68-66-64-50)19-27-7-8-28(39(27)44(15-17-67-65-63-49)16-18-69(51,52)53)20-30-6-4-14-43(2)36-22-34(72(60,61)62)10-12-38(36)46(41(30)43)24-32(48)26-71(57,58)59/h9-12,19-22,31-32,47-48H,3-8,13-18,23-26H2,1-2H3,(H5-,49,50,51,52,53,54,55,56,57,58,59,60,61,62)/p+1. The molecule has 0 bridgehead atoms. The predicted octanol–water partition coefficient (Wildman–Crippen LogP) is 4.65. The Morgan fingerprint density at radius 3 is 1.65 bits per heavy atom. The van der Waals surface area contributed by atoms with Gasteiger partial charge < -0.3 is 20.0 Å². The number of aliphatic hydroxyl groups excluding tert-OH is 2. The van der Waals surface area contributed by atoms with Crippen LogP contribution >= 0.6 is 24.1 Å². The molecule has 1 fully saturated rings. The van der Waals surface area contributed by atoms with Gasteiger partial charge in [0.05, 0.1) is 34.9 Å². The highest BCUT2D eigenvalue weighted by Crippen LogP contribution is 2.57. The van der Waals surface area contributed by atoms with Gasteiger partial charge in [-0.05, 0) is 136 Å². The Kier molecular flexibility index (Phi) is 17.3. The lowest BCUT2D eigenvalue weighted by Crippen LogP contribution is -2.39. The van der Waals surface area contributed by atoms with E-state index in [0.29, 0.717) is 113 Å². The summed E-state index contributed by atoms with van der Waals surface area (Å²) in [6, 6.07) is 9.25. The Labute approximate surface area is 425 Å². The van der Waals surface area contributed by atoms with Gasteiger partial charge in [-0.2, -0.15) is 33.7 Å². The Morgan fingerprint density at radius 1 is 0.681 bits per heavy atom. The zero-order chi connectivity index (χ0) is 52.6. The number of hydrogen-bond acceptors (Lipinski definition) is 20. The van der Waals surface area contributed by atoms with Gasteiger partial charge in [0, 0.05) is 74.8 Å². The van der Waals surface area contributed by atoms with Gasteiger partial charge in [-0.15, -0.1) is 8.67 Å². The van der Waals surface area contributed by atoms with Crippen molar-refractivity contribution in [1.29, 1.82) is 0 Å². The maximum absolute atomic E-state index is 12.4. The largest absolute Gasteiger partial charge is 0.390 e. The number of fused-ring (bicyclic) bond motifs is 6. The quantitative estimate of drug-likeness (QED) is 0.0199. The minimum absolute atomic E-state index is 0.0675. The number of rotatable bonds is 22. The van der Waals surface area contributed by atoms with E-state index in [4.69, 9.17) is 14.8 Å². The van der Waals surface area contributed by atoms with Crippen LogP contribution in [0.1, 0.15) is 76.3 Å². The molecule has 72 heavy (non-hydrogen) atoms. The van der Waals surface area contributed by atoms with Crippen LogP contribution in [0.4, 0.5) is 11.4 Å². The highest BCUT2D eigenvalue weighted by molar-refractivity contribution is 7.94. The Balaban J connectivity index is 1.45. The molecule has 29 heteroatoms. The average molecular weight is 1130 g/mol. The number of hydrogen-bond donors (Lipinski definition) is 8. The summed E-state index contributed by atoms with van der Waals surface area (Å²) < 4.78 is 148. The topological polar surface area (TPSA) is 345 Å². The zero-order valence-electron chi connectivity index (χ0n) is 38.9. The first-order chi connectivity index (χ1) is 33.7. The summed E-state index contributed by atoms with van der Waals surface area (Å²) in [5, 5.41) is 47.6. The molecule has 4 unspecified atom stereocenters. The monoisotopic (exact) mass is 1130 g/mol. The summed E-state index contributed by atoms with van der Waals surface area (Å²) >= 11 is 1.45. The lowest BCUT2D eigenvalue weighted by atomic mass is 9.71. The normalized spacial score (nSPS) is 24.2. The van der Waals surface area contributed by atoms with Gasteiger partial charge in [0.2, 0.25) is 5.71 Å². The molecule has 23 nitrogen and oxygen atoms in total. The van der Waals surface area contributed by atoms with Gasteiger partial charge >= 0.3 is 0 Å². The van der Waals surface area contributed by atoms with Crippen LogP contribution in [0.25, 0.3) is 0 Å². The molecule has 0 radical (unpaired) electrons. The highest BCUT2D eigenvalue weighted by atomic mass is 32.2. The molecule has 0 amide bonds. The molecule has 398 valence electrons. The summed E-state index contributed by atoms with van der Waals surface area (Å²) in [6.07, 6.45) is 4.64. The van der Waals surface area contributed by atoms with Crippen LogP contribution in [-0.4, -0.2) is 144 Å². The molecule has 5 aliphatic rings. The summed E-state index contributed by atoms with van der Waals surface area (Å²) in [5.74, 6) is -2.57. The van der Waals surface area contributed by atoms with Gasteiger partial charge in [-0.1, -0.05) is 10.1 Å². The van der Waals surface area contributed by atoms with Gasteiger partial charge in [-0.3, -0.25) is 18.2 Å². The lowest BCUT2D eigenvalue weighted by molar-refractivity contribution is -0.518.